The van der Waals surface area contributed by atoms with Gasteiger partial charge in [-0.15, -0.1) is 11.3 Å². The maximum atomic E-state index is 12.1. The molecule has 1 saturated heterocycles. The van der Waals surface area contributed by atoms with Crippen LogP contribution in [0.15, 0.2) is 0 Å². The summed E-state index contributed by atoms with van der Waals surface area (Å²) in [6.07, 6.45) is 4.40. The summed E-state index contributed by atoms with van der Waals surface area (Å²) >= 11 is 1.53. The number of aryl methyl sites for hydroxylation is 2. The summed E-state index contributed by atoms with van der Waals surface area (Å²) in [5.74, 6) is 0.0288. The lowest BCUT2D eigenvalue weighted by Gasteiger charge is -2.10. The first-order valence-electron chi connectivity index (χ1n) is 6.68. The highest BCUT2D eigenvalue weighted by Gasteiger charge is 2.18. The molecule has 18 heavy (non-hydrogen) atoms. The van der Waals surface area contributed by atoms with Gasteiger partial charge >= 0.3 is 0 Å². The lowest BCUT2D eigenvalue weighted by Crippen LogP contribution is -2.37. The van der Waals surface area contributed by atoms with Crippen LogP contribution in [0.1, 0.15) is 46.6 Å². The van der Waals surface area contributed by atoms with Crippen molar-refractivity contribution in [2.24, 2.45) is 0 Å². The number of thiazole rings is 1. The predicted molar refractivity (Wildman–Crippen MR) is 74.2 cm³/mol. The molecular weight excluding hydrogens is 246 g/mol. The summed E-state index contributed by atoms with van der Waals surface area (Å²) in [4.78, 5) is 17.3. The minimum atomic E-state index is 0.0288. The van der Waals surface area contributed by atoms with E-state index in [2.05, 4.69) is 22.5 Å². The Balaban J connectivity index is 1.91. The summed E-state index contributed by atoms with van der Waals surface area (Å²) < 4.78 is 0. The number of carbonyl (C=O) groups excluding carboxylic acids is 1. The Hall–Kier alpha value is -0.940. The Kier molecular flexibility index (Phi) is 4.72. The van der Waals surface area contributed by atoms with Crippen molar-refractivity contribution in [3.05, 3.63) is 15.6 Å². The van der Waals surface area contributed by atoms with E-state index in [0.29, 0.717) is 6.04 Å². The molecule has 2 rings (SSSR count). The van der Waals surface area contributed by atoms with E-state index in [0.717, 1.165) is 47.9 Å². The van der Waals surface area contributed by atoms with Crippen LogP contribution in [-0.2, 0) is 6.42 Å². The van der Waals surface area contributed by atoms with E-state index < -0.39 is 0 Å². The second-order valence-corrected chi connectivity index (χ2v) is 5.86. The molecule has 0 spiro atoms. The van der Waals surface area contributed by atoms with Crippen LogP contribution in [0.2, 0.25) is 0 Å². The molecule has 1 fully saturated rings. The number of amides is 1. The van der Waals surface area contributed by atoms with E-state index >= 15 is 0 Å². The largest absolute Gasteiger partial charge is 0.350 e. The molecule has 1 atom stereocenters. The van der Waals surface area contributed by atoms with Crippen molar-refractivity contribution in [2.75, 3.05) is 13.1 Å². The molecule has 0 aliphatic carbocycles. The fourth-order valence-electron chi connectivity index (χ4n) is 2.21. The summed E-state index contributed by atoms with van der Waals surface area (Å²) in [5, 5.41) is 7.45. The van der Waals surface area contributed by atoms with Crippen LogP contribution in [0.25, 0.3) is 0 Å². The SMILES string of the molecule is CCCc1nc(C)c(C(=O)NCC2CCCN2)s1. The lowest BCUT2D eigenvalue weighted by atomic mass is 10.2. The van der Waals surface area contributed by atoms with E-state index in [1.807, 2.05) is 6.92 Å². The van der Waals surface area contributed by atoms with Crippen LogP contribution in [0.3, 0.4) is 0 Å². The third-order valence-electron chi connectivity index (χ3n) is 3.18. The van der Waals surface area contributed by atoms with E-state index in [1.54, 1.807) is 0 Å². The van der Waals surface area contributed by atoms with Crippen molar-refractivity contribution in [1.82, 2.24) is 15.6 Å². The Morgan fingerprint density at radius 2 is 2.44 bits per heavy atom. The van der Waals surface area contributed by atoms with Gasteiger partial charge in [0.25, 0.3) is 5.91 Å². The molecule has 0 saturated carbocycles. The molecule has 5 heteroatoms. The predicted octanol–water partition coefficient (Wildman–Crippen LogP) is 1.89. The first kappa shape index (κ1) is 13.5. The van der Waals surface area contributed by atoms with Gasteiger partial charge in [-0.2, -0.15) is 0 Å². The molecular formula is C13H21N3OS. The standard InChI is InChI=1S/C13H21N3OS/c1-3-5-11-16-9(2)12(18-11)13(17)15-8-10-6-4-7-14-10/h10,14H,3-8H2,1-2H3,(H,15,17). The molecule has 1 aliphatic heterocycles. The highest BCUT2D eigenvalue weighted by Crippen LogP contribution is 2.19. The van der Waals surface area contributed by atoms with Crippen molar-refractivity contribution in [3.8, 4) is 0 Å². The Bertz CT molecular complexity index is 410. The van der Waals surface area contributed by atoms with Crippen molar-refractivity contribution in [1.29, 1.82) is 0 Å². The van der Waals surface area contributed by atoms with E-state index in [1.165, 1.54) is 17.8 Å². The Morgan fingerprint density at radius 3 is 3.11 bits per heavy atom. The number of nitrogens with one attached hydrogen (secondary N) is 2. The van der Waals surface area contributed by atoms with E-state index in [9.17, 15) is 4.79 Å². The topological polar surface area (TPSA) is 54.0 Å². The molecule has 0 aromatic carbocycles. The minimum absolute atomic E-state index is 0.0288. The maximum Gasteiger partial charge on any atom is 0.263 e. The van der Waals surface area contributed by atoms with Crippen molar-refractivity contribution < 1.29 is 4.79 Å². The first-order valence-corrected chi connectivity index (χ1v) is 7.50. The molecule has 0 bridgehead atoms. The highest BCUT2D eigenvalue weighted by molar-refractivity contribution is 7.13. The molecule has 0 radical (unpaired) electrons. The first-order chi connectivity index (χ1) is 8.70. The van der Waals surface area contributed by atoms with Gasteiger partial charge in [-0.1, -0.05) is 6.92 Å². The minimum Gasteiger partial charge on any atom is -0.350 e. The number of nitrogens with zero attached hydrogens (tertiary/aromatic N) is 1. The van der Waals surface area contributed by atoms with Gasteiger partial charge in [0, 0.05) is 12.6 Å². The van der Waals surface area contributed by atoms with Crippen LogP contribution in [0.4, 0.5) is 0 Å². The zero-order chi connectivity index (χ0) is 13.0. The van der Waals surface area contributed by atoms with Gasteiger partial charge in [-0.3, -0.25) is 4.79 Å². The van der Waals surface area contributed by atoms with Gasteiger partial charge in [0.1, 0.15) is 4.88 Å². The number of hydrogen-bond acceptors (Lipinski definition) is 4. The zero-order valence-corrected chi connectivity index (χ0v) is 11.9. The molecule has 1 aromatic heterocycles. The Labute approximate surface area is 112 Å². The van der Waals surface area contributed by atoms with Crippen LogP contribution >= 0.6 is 11.3 Å². The fraction of sp³-hybridized carbons (Fsp3) is 0.692. The average molecular weight is 267 g/mol. The second kappa shape index (κ2) is 6.29. The summed E-state index contributed by atoms with van der Waals surface area (Å²) in [6, 6.07) is 0.442. The van der Waals surface area contributed by atoms with E-state index in [-0.39, 0.29) is 5.91 Å². The number of aromatic nitrogens is 1. The number of hydrogen-bond donors (Lipinski definition) is 2. The highest BCUT2D eigenvalue weighted by atomic mass is 32.1. The molecule has 4 nitrogen and oxygen atoms in total. The second-order valence-electron chi connectivity index (χ2n) is 4.78. The number of carbonyl (C=O) groups is 1. The maximum absolute atomic E-state index is 12.1. The van der Waals surface area contributed by atoms with E-state index in [4.69, 9.17) is 0 Å². The molecule has 1 aliphatic rings. The smallest absolute Gasteiger partial charge is 0.263 e. The van der Waals surface area contributed by atoms with Gasteiger partial charge in [0.05, 0.1) is 10.7 Å². The molecule has 1 amide bonds. The van der Waals surface area contributed by atoms with Crippen LogP contribution < -0.4 is 10.6 Å². The van der Waals surface area contributed by atoms with Gasteiger partial charge in [0.2, 0.25) is 0 Å². The normalized spacial score (nSPS) is 19.1. The zero-order valence-electron chi connectivity index (χ0n) is 11.1. The summed E-state index contributed by atoms with van der Waals surface area (Å²) in [5.41, 5.74) is 0.861. The van der Waals surface area contributed by atoms with Crippen LogP contribution in [-0.4, -0.2) is 30.0 Å². The van der Waals surface area contributed by atoms with Crippen LogP contribution in [0, 0.1) is 6.92 Å². The third-order valence-corrected chi connectivity index (χ3v) is 4.40. The van der Waals surface area contributed by atoms with Gasteiger partial charge in [0.15, 0.2) is 0 Å². The Morgan fingerprint density at radius 1 is 1.61 bits per heavy atom. The van der Waals surface area contributed by atoms with Gasteiger partial charge in [-0.05, 0) is 39.2 Å². The van der Waals surface area contributed by atoms with Gasteiger partial charge < -0.3 is 10.6 Å². The van der Waals surface area contributed by atoms with Crippen molar-refractivity contribution in [3.63, 3.8) is 0 Å². The van der Waals surface area contributed by atoms with Gasteiger partial charge in [-0.25, -0.2) is 4.98 Å². The fourth-order valence-corrected chi connectivity index (χ4v) is 3.29. The summed E-state index contributed by atoms with van der Waals surface area (Å²) in [7, 11) is 0. The quantitative estimate of drug-likeness (QED) is 0.856. The summed E-state index contributed by atoms with van der Waals surface area (Å²) in [6.45, 7) is 5.83. The van der Waals surface area contributed by atoms with Crippen molar-refractivity contribution >= 4 is 17.2 Å². The lowest BCUT2D eigenvalue weighted by molar-refractivity contribution is 0.0953. The molecule has 1 unspecified atom stereocenters. The molecule has 2 heterocycles. The average Bonchev–Trinajstić information content (AvgIpc) is 2.96. The van der Waals surface area contributed by atoms with Crippen molar-refractivity contribution in [2.45, 2.75) is 45.6 Å². The third kappa shape index (κ3) is 3.29. The molecule has 2 N–H and O–H groups in total. The molecule has 100 valence electrons. The molecule has 1 aromatic rings. The monoisotopic (exact) mass is 267 g/mol. The number of rotatable bonds is 5. The van der Waals surface area contributed by atoms with Crippen LogP contribution in [0.5, 0.6) is 0 Å².